The van der Waals surface area contributed by atoms with Crippen LogP contribution < -0.4 is 9.47 Å². The maximum Gasteiger partial charge on any atom is 0.289 e. The van der Waals surface area contributed by atoms with E-state index >= 15 is 0 Å². The fraction of sp³-hybridized carbons (Fsp3) is 0.391. The molecular formula is C23H28N4O4. The first kappa shape index (κ1) is 21.0. The molecule has 0 atom stereocenters. The van der Waals surface area contributed by atoms with Crippen molar-refractivity contribution >= 4 is 5.91 Å². The lowest BCUT2D eigenvalue weighted by Gasteiger charge is -2.34. The van der Waals surface area contributed by atoms with Crippen LogP contribution in [-0.2, 0) is 20.2 Å². The topological polar surface area (TPSA) is 73.0 Å². The predicted octanol–water partition coefficient (Wildman–Crippen LogP) is 2.95. The number of carbonyl (C=O) groups excluding carboxylic acids is 1. The highest BCUT2D eigenvalue weighted by atomic mass is 16.5. The smallest absolute Gasteiger partial charge is 0.289 e. The number of benzene rings is 1. The zero-order chi connectivity index (χ0) is 21.6. The molecule has 1 saturated heterocycles. The molecule has 8 heteroatoms. The molecule has 0 N–H and O–H groups in total. The van der Waals surface area contributed by atoms with E-state index in [9.17, 15) is 4.79 Å². The van der Waals surface area contributed by atoms with Crippen molar-refractivity contribution in [2.45, 2.75) is 20.1 Å². The van der Waals surface area contributed by atoms with Crippen LogP contribution in [-0.4, -0.2) is 58.3 Å². The molecule has 31 heavy (non-hydrogen) atoms. The molecule has 1 fully saturated rings. The number of furan rings is 1. The van der Waals surface area contributed by atoms with Gasteiger partial charge in [-0.05, 0) is 43.3 Å². The number of hydrogen-bond acceptors (Lipinski definition) is 6. The van der Waals surface area contributed by atoms with E-state index < -0.39 is 0 Å². The van der Waals surface area contributed by atoms with Gasteiger partial charge >= 0.3 is 0 Å². The highest BCUT2D eigenvalue weighted by Gasteiger charge is 2.24. The Morgan fingerprint density at radius 2 is 1.74 bits per heavy atom. The van der Waals surface area contributed by atoms with Crippen LogP contribution in [0.5, 0.6) is 11.5 Å². The van der Waals surface area contributed by atoms with Gasteiger partial charge in [-0.15, -0.1) is 0 Å². The quantitative estimate of drug-likeness (QED) is 0.554. The van der Waals surface area contributed by atoms with Crippen LogP contribution in [0.3, 0.4) is 0 Å². The number of hydrogen-bond donors (Lipinski definition) is 0. The molecule has 0 aliphatic carbocycles. The second-order valence-electron chi connectivity index (χ2n) is 7.55. The number of aryl methyl sites for hydroxylation is 1. The Morgan fingerprint density at radius 3 is 2.39 bits per heavy atom. The SMILES string of the molecule is CCOc1ccc(OCc2ccc(C(=O)N3CCN(Cc4cnn(C)c4)CC3)o2)cc1. The summed E-state index contributed by atoms with van der Waals surface area (Å²) < 4.78 is 18.7. The monoisotopic (exact) mass is 424 g/mol. The highest BCUT2D eigenvalue weighted by molar-refractivity contribution is 5.91. The predicted molar refractivity (Wildman–Crippen MR) is 115 cm³/mol. The Balaban J connectivity index is 1.25. The molecule has 1 aliphatic heterocycles. The number of aromatic nitrogens is 2. The third kappa shape index (κ3) is 5.46. The largest absolute Gasteiger partial charge is 0.494 e. The minimum Gasteiger partial charge on any atom is -0.494 e. The van der Waals surface area contributed by atoms with Gasteiger partial charge in [0.2, 0.25) is 0 Å². The molecule has 0 unspecified atom stereocenters. The number of rotatable bonds is 8. The molecule has 0 spiro atoms. The lowest BCUT2D eigenvalue weighted by Crippen LogP contribution is -2.48. The molecule has 1 amide bonds. The van der Waals surface area contributed by atoms with Gasteiger partial charge in [0, 0.05) is 51.5 Å². The molecule has 2 aromatic heterocycles. The number of nitrogens with zero attached hydrogens (tertiary/aromatic N) is 4. The van der Waals surface area contributed by atoms with Crippen molar-refractivity contribution in [2.24, 2.45) is 7.05 Å². The van der Waals surface area contributed by atoms with E-state index in [0.29, 0.717) is 31.2 Å². The Morgan fingerprint density at radius 1 is 1.03 bits per heavy atom. The summed E-state index contributed by atoms with van der Waals surface area (Å²) in [5, 5.41) is 4.21. The number of amides is 1. The summed E-state index contributed by atoms with van der Waals surface area (Å²) in [5.74, 6) is 2.42. The fourth-order valence-electron chi connectivity index (χ4n) is 3.60. The molecule has 164 valence electrons. The second kappa shape index (κ2) is 9.70. The van der Waals surface area contributed by atoms with E-state index in [4.69, 9.17) is 13.9 Å². The Kier molecular flexibility index (Phi) is 6.57. The summed E-state index contributed by atoms with van der Waals surface area (Å²) in [6, 6.07) is 10.9. The Hall–Kier alpha value is -3.26. The third-order valence-electron chi connectivity index (χ3n) is 5.21. The van der Waals surface area contributed by atoms with Gasteiger partial charge in [0.25, 0.3) is 5.91 Å². The maximum atomic E-state index is 12.8. The van der Waals surface area contributed by atoms with Crippen LogP contribution in [0.15, 0.2) is 53.2 Å². The van der Waals surface area contributed by atoms with Crippen molar-refractivity contribution in [1.29, 1.82) is 0 Å². The van der Waals surface area contributed by atoms with Crippen LogP contribution in [0.2, 0.25) is 0 Å². The second-order valence-corrected chi connectivity index (χ2v) is 7.55. The molecule has 3 heterocycles. The van der Waals surface area contributed by atoms with E-state index in [1.165, 1.54) is 5.56 Å². The van der Waals surface area contributed by atoms with Gasteiger partial charge in [-0.2, -0.15) is 5.10 Å². The van der Waals surface area contributed by atoms with Crippen molar-refractivity contribution in [3.8, 4) is 11.5 Å². The molecular weight excluding hydrogens is 396 g/mol. The molecule has 3 aromatic rings. The van der Waals surface area contributed by atoms with E-state index in [1.54, 1.807) is 12.1 Å². The molecule has 1 aromatic carbocycles. The Labute approximate surface area is 181 Å². The van der Waals surface area contributed by atoms with E-state index in [1.807, 2.05) is 60.2 Å². The number of piperazine rings is 1. The van der Waals surface area contributed by atoms with E-state index in [0.717, 1.165) is 31.1 Å². The van der Waals surface area contributed by atoms with Gasteiger partial charge in [0.05, 0.1) is 12.8 Å². The molecule has 0 radical (unpaired) electrons. The lowest BCUT2D eigenvalue weighted by atomic mass is 10.2. The minimum atomic E-state index is -0.0756. The van der Waals surface area contributed by atoms with Crippen LogP contribution >= 0.6 is 0 Å². The zero-order valence-corrected chi connectivity index (χ0v) is 18.0. The third-order valence-corrected chi connectivity index (χ3v) is 5.21. The molecule has 0 bridgehead atoms. The summed E-state index contributed by atoms with van der Waals surface area (Å²) in [6.07, 6.45) is 3.91. The first-order chi connectivity index (χ1) is 15.1. The van der Waals surface area contributed by atoms with Gasteiger partial charge in [-0.3, -0.25) is 14.4 Å². The maximum absolute atomic E-state index is 12.8. The molecule has 0 saturated carbocycles. The standard InChI is InChI=1S/C23H28N4O4/c1-3-29-19-4-6-20(7-5-19)30-17-21-8-9-22(31-21)23(28)27-12-10-26(11-13-27)16-18-14-24-25(2)15-18/h4-9,14-15H,3,10-13,16-17H2,1-2H3. The van der Waals surface area contributed by atoms with E-state index in [2.05, 4.69) is 10.00 Å². The zero-order valence-electron chi connectivity index (χ0n) is 18.0. The van der Waals surface area contributed by atoms with Gasteiger partial charge in [0.15, 0.2) is 5.76 Å². The highest BCUT2D eigenvalue weighted by Crippen LogP contribution is 2.20. The van der Waals surface area contributed by atoms with Crippen LogP contribution in [0.25, 0.3) is 0 Å². The van der Waals surface area contributed by atoms with Crippen LogP contribution in [0.1, 0.15) is 28.8 Å². The Bertz CT molecular complexity index is 987. The number of ether oxygens (including phenoxy) is 2. The van der Waals surface area contributed by atoms with Gasteiger partial charge < -0.3 is 18.8 Å². The first-order valence-electron chi connectivity index (χ1n) is 10.5. The van der Waals surface area contributed by atoms with Crippen molar-refractivity contribution in [1.82, 2.24) is 19.6 Å². The van der Waals surface area contributed by atoms with Crippen molar-refractivity contribution in [3.63, 3.8) is 0 Å². The van der Waals surface area contributed by atoms with Crippen LogP contribution in [0, 0.1) is 0 Å². The van der Waals surface area contributed by atoms with E-state index in [-0.39, 0.29) is 12.5 Å². The van der Waals surface area contributed by atoms with Gasteiger partial charge in [-0.1, -0.05) is 0 Å². The first-order valence-corrected chi connectivity index (χ1v) is 10.5. The average molecular weight is 425 g/mol. The lowest BCUT2D eigenvalue weighted by molar-refractivity contribution is 0.0594. The summed E-state index contributed by atoms with van der Waals surface area (Å²) in [5.41, 5.74) is 1.19. The van der Waals surface area contributed by atoms with Crippen LogP contribution in [0.4, 0.5) is 0 Å². The molecule has 4 rings (SSSR count). The molecule has 1 aliphatic rings. The average Bonchev–Trinajstić information content (AvgIpc) is 3.42. The normalized spacial score (nSPS) is 14.6. The summed E-state index contributed by atoms with van der Waals surface area (Å²) in [6.45, 7) is 6.70. The summed E-state index contributed by atoms with van der Waals surface area (Å²) in [4.78, 5) is 17.0. The van der Waals surface area contributed by atoms with Crippen molar-refractivity contribution < 1.29 is 18.7 Å². The summed E-state index contributed by atoms with van der Waals surface area (Å²) in [7, 11) is 1.92. The summed E-state index contributed by atoms with van der Waals surface area (Å²) >= 11 is 0. The van der Waals surface area contributed by atoms with Crippen molar-refractivity contribution in [2.75, 3.05) is 32.8 Å². The fourth-order valence-corrected chi connectivity index (χ4v) is 3.60. The minimum absolute atomic E-state index is 0.0756. The molecule has 8 nitrogen and oxygen atoms in total. The number of carbonyl (C=O) groups is 1. The van der Waals surface area contributed by atoms with Crippen molar-refractivity contribution in [3.05, 3.63) is 65.9 Å². The van der Waals surface area contributed by atoms with Gasteiger partial charge in [-0.25, -0.2) is 0 Å². The van der Waals surface area contributed by atoms with Gasteiger partial charge in [0.1, 0.15) is 23.9 Å².